The number of non-ortho nitro benzene ring substituents is 1. The summed E-state index contributed by atoms with van der Waals surface area (Å²) in [5, 5.41) is 10.8. The van der Waals surface area contributed by atoms with Crippen LogP contribution < -0.4 is 4.74 Å². The van der Waals surface area contributed by atoms with Gasteiger partial charge in [0.25, 0.3) is 5.69 Å². The largest absolute Gasteiger partial charge is 0.476 e. The van der Waals surface area contributed by atoms with E-state index in [4.69, 9.17) is 12.5 Å². The van der Waals surface area contributed by atoms with Crippen molar-refractivity contribution in [2.24, 2.45) is 0 Å². The van der Waals surface area contributed by atoms with Crippen molar-refractivity contribution in [3.8, 4) is 5.88 Å². The second-order valence-electron chi connectivity index (χ2n) is 7.43. The number of nitrogens with zero attached hydrogens (tertiary/aromatic N) is 6. The van der Waals surface area contributed by atoms with E-state index in [9.17, 15) is 10.1 Å². The van der Waals surface area contributed by atoms with Crippen LogP contribution in [0.25, 0.3) is 16.9 Å². The van der Waals surface area contributed by atoms with Gasteiger partial charge in [0.05, 0.1) is 30.6 Å². The third kappa shape index (κ3) is 4.00. The standard InChI is InChI=1S/C20H19IN6O5/c21-31-11-15-5-6-16(32-15)26-12-23-17-18(24-20-22-8-9-25(20)19(17)26)30-10-7-13-1-3-14(4-2-13)27(28)29/h1-4,8-9,12,15-16H,5-7,10-11H2. The van der Waals surface area contributed by atoms with Crippen LogP contribution in [0.15, 0.2) is 43.0 Å². The Balaban J connectivity index is 1.38. The minimum Gasteiger partial charge on any atom is -0.476 e. The lowest BCUT2D eigenvalue weighted by Gasteiger charge is -2.15. The van der Waals surface area contributed by atoms with Crippen molar-refractivity contribution in [1.29, 1.82) is 0 Å². The van der Waals surface area contributed by atoms with Crippen LogP contribution in [0.1, 0.15) is 24.6 Å². The minimum absolute atomic E-state index is 0.0480. The summed E-state index contributed by atoms with van der Waals surface area (Å²) in [5.41, 5.74) is 2.42. The fourth-order valence-corrected chi connectivity index (χ4v) is 4.28. The van der Waals surface area contributed by atoms with Gasteiger partial charge in [-0.25, -0.2) is 9.97 Å². The molecule has 11 nitrogen and oxygen atoms in total. The lowest BCUT2D eigenvalue weighted by Crippen LogP contribution is -2.15. The Morgan fingerprint density at radius 3 is 2.88 bits per heavy atom. The highest BCUT2D eigenvalue weighted by atomic mass is 127. The zero-order valence-corrected chi connectivity index (χ0v) is 19.0. The lowest BCUT2D eigenvalue weighted by molar-refractivity contribution is -0.384. The van der Waals surface area contributed by atoms with E-state index >= 15 is 0 Å². The maximum atomic E-state index is 10.8. The number of halogens is 1. The van der Waals surface area contributed by atoms with Crippen LogP contribution in [0.4, 0.5) is 5.69 Å². The molecular weight excluding hydrogens is 531 g/mol. The fourth-order valence-electron chi connectivity index (χ4n) is 3.88. The molecule has 1 aromatic carbocycles. The first-order valence-corrected chi connectivity index (χ1v) is 11.0. The average molecular weight is 550 g/mol. The van der Waals surface area contributed by atoms with Crippen LogP contribution in [0.5, 0.6) is 5.88 Å². The van der Waals surface area contributed by atoms with E-state index in [0.717, 1.165) is 24.1 Å². The Labute approximate surface area is 196 Å². The number of hydrogen-bond acceptors (Lipinski definition) is 8. The molecule has 0 spiro atoms. The summed E-state index contributed by atoms with van der Waals surface area (Å²) in [6.07, 6.45) is 7.49. The lowest BCUT2D eigenvalue weighted by atomic mass is 10.1. The van der Waals surface area contributed by atoms with Gasteiger partial charge < -0.3 is 12.5 Å². The molecule has 1 fully saturated rings. The smallest absolute Gasteiger partial charge is 0.269 e. The van der Waals surface area contributed by atoms with Gasteiger partial charge >= 0.3 is 0 Å². The van der Waals surface area contributed by atoms with E-state index in [2.05, 4.69) is 15.0 Å². The first-order chi connectivity index (χ1) is 15.6. The third-order valence-corrected chi connectivity index (χ3v) is 5.80. The number of hydrogen-bond donors (Lipinski definition) is 0. The normalized spacial score (nSPS) is 18.5. The summed E-state index contributed by atoms with van der Waals surface area (Å²) in [5.74, 6) is 0.902. The van der Waals surface area contributed by atoms with E-state index in [1.165, 1.54) is 12.1 Å². The van der Waals surface area contributed by atoms with Gasteiger partial charge in [0.15, 0.2) is 11.2 Å². The highest BCUT2D eigenvalue weighted by molar-refractivity contribution is 14.1. The van der Waals surface area contributed by atoms with Gasteiger partial charge in [-0.2, -0.15) is 4.98 Å². The highest BCUT2D eigenvalue weighted by Crippen LogP contribution is 2.33. The van der Waals surface area contributed by atoms with Crippen molar-refractivity contribution in [2.75, 3.05) is 13.2 Å². The van der Waals surface area contributed by atoms with Crippen molar-refractivity contribution < 1.29 is 17.5 Å². The predicted molar refractivity (Wildman–Crippen MR) is 122 cm³/mol. The molecule has 4 aromatic rings. The number of fused-ring (bicyclic) bond motifs is 3. The number of ether oxygens (including phenoxy) is 2. The molecule has 12 heteroatoms. The Kier molecular flexibility index (Phi) is 5.89. The molecule has 1 saturated heterocycles. The van der Waals surface area contributed by atoms with Gasteiger partial charge in [-0.05, 0) is 18.4 Å². The Morgan fingerprint density at radius 1 is 1.25 bits per heavy atom. The van der Waals surface area contributed by atoms with Crippen LogP contribution >= 0.6 is 23.0 Å². The number of nitro benzene ring substituents is 1. The fraction of sp³-hybridized carbons (Fsp3) is 0.350. The molecule has 2 atom stereocenters. The third-order valence-electron chi connectivity index (χ3n) is 5.44. The SMILES string of the molecule is O=[N+]([O-])c1ccc(CCOc2nc3nccn3c3c2ncn3C2CCC(COI)O2)cc1. The molecule has 0 saturated carbocycles. The van der Waals surface area contributed by atoms with Crippen LogP contribution in [0.2, 0.25) is 0 Å². The maximum Gasteiger partial charge on any atom is 0.269 e. The summed E-state index contributed by atoms with van der Waals surface area (Å²) in [4.78, 5) is 23.8. The summed E-state index contributed by atoms with van der Waals surface area (Å²) < 4.78 is 21.2. The van der Waals surface area contributed by atoms with Gasteiger partial charge in [-0.15, -0.1) is 0 Å². The number of imidazole rings is 2. The Hall–Kier alpha value is -2.84. The van der Waals surface area contributed by atoms with E-state index in [1.54, 1.807) is 24.7 Å². The summed E-state index contributed by atoms with van der Waals surface area (Å²) in [6.45, 7) is 0.890. The van der Waals surface area contributed by atoms with Crippen molar-refractivity contribution in [1.82, 2.24) is 23.9 Å². The monoisotopic (exact) mass is 550 g/mol. The quantitative estimate of drug-likeness (QED) is 0.185. The Bertz CT molecular complexity index is 1260. The van der Waals surface area contributed by atoms with Crippen LogP contribution in [0.3, 0.4) is 0 Å². The van der Waals surface area contributed by atoms with Gasteiger partial charge in [0, 0.05) is 30.9 Å². The van der Waals surface area contributed by atoms with Crippen molar-refractivity contribution >= 4 is 45.6 Å². The van der Waals surface area contributed by atoms with Gasteiger partial charge in [0.1, 0.15) is 29.2 Å². The summed E-state index contributed by atoms with van der Waals surface area (Å²) in [6, 6.07) is 6.43. The molecule has 0 bridgehead atoms. The molecule has 0 N–H and O–H groups in total. The van der Waals surface area contributed by atoms with Crippen LogP contribution in [0, 0.1) is 10.1 Å². The highest BCUT2D eigenvalue weighted by Gasteiger charge is 2.29. The van der Waals surface area contributed by atoms with Gasteiger partial charge in [-0.1, -0.05) is 12.1 Å². The molecule has 32 heavy (non-hydrogen) atoms. The number of benzene rings is 1. The number of rotatable bonds is 8. The molecule has 5 rings (SSSR count). The molecule has 166 valence electrons. The summed E-state index contributed by atoms with van der Waals surface area (Å²) >= 11 is 1.88. The molecule has 1 aliphatic heterocycles. The van der Waals surface area contributed by atoms with Crippen molar-refractivity contribution in [2.45, 2.75) is 31.6 Å². The molecule has 0 amide bonds. The van der Waals surface area contributed by atoms with Crippen LogP contribution in [-0.2, 0) is 14.2 Å². The molecule has 0 aliphatic carbocycles. The number of nitro groups is 1. The first kappa shape index (κ1) is 21.0. The predicted octanol–water partition coefficient (Wildman–Crippen LogP) is 3.65. The molecular formula is C20H19IN6O5. The second kappa shape index (κ2) is 8.96. The zero-order valence-electron chi connectivity index (χ0n) is 16.8. The maximum absolute atomic E-state index is 10.8. The first-order valence-electron chi connectivity index (χ1n) is 10.1. The zero-order chi connectivity index (χ0) is 22.1. The van der Waals surface area contributed by atoms with E-state index in [0.29, 0.717) is 36.8 Å². The molecule has 1 aliphatic rings. The summed E-state index contributed by atoms with van der Waals surface area (Å²) in [7, 11) is 0. The van der Waals surface area contributed by atoms with E-state index in [-0.39, 0.29) is 18.0 Å². The minimum atomic E-state index is -0.415. The second-order valence-corrected chi connectivity index (χ2v) is 8.05. The molecule has 3 aromatic heterocycles. The molecule has 4 heterocycles. The van der Waals surface area contributed by atoms with E-state index in [1.807, 2.05) is 38.2 Å². The Morgan fingerprint density at radius 2 is 2.09 bits per heavy atom. The van der Waals surface area contributed by atoms with E-state index < -0.39 is 4.92 Å². The van der Waals surface area contributed by atoms with Gasteiger partial charge in [0.2, 0.25) is 11.7 Å². The molecule has 0 radical (unpaired) electrons. The van der Waals surface area contributed by atoms with Crippen molar-refractivity contribution in [3.05, 3.63) is 58.7 Å². The van der Waals surface area contributed by atoms with Crippen LogP contribution in [-0.4, -0.2) is 48.2 Å². The topological polar surface area (TPSA) is 119 Å². The number of aromatic nitrogens is 5. The molecule has 2 unspecified atom stereocenters. The van der Waals surface area contributed by atoms with Gasteiger partial charge in [-0.3, -0.25) is 19.1 Å². The van der Waals surface area contributed by atoms with Crippen molar-refractivity contribution in [3.63, 3.8) is 0 Å². The average Bonchev–Trinajstić information content (AvgIpc) is 3.53.